The van der Waals surface area contributed by atoms with Crippen LogP contribution in [0.25, 0.3) is 0 Å². The van der Waals surface area contributed by atoms with Crippen LogP contribution in [-0.4, -0.2) is 26.8 Å². The fraction of sp³-hybridized carbons (Fsp3) is 0.571. The fourth-order valence-electron chi connectivity index (χ4n) is 1.11. The van der Waals surface area contributed by atoms with Crippen molar-refractivity contribution < 1.29 is 0 Å². The van der Waals surface area contributed by atoms with Gasteiger partial charge in [-0.15, -0.1) is 10.2 Å². The van der Waals surface area contributed by atoms with Crippen LogP contribution in [0.5, 0.6) is 0 Å². The molecule has 0 aliphatic carbocycles. The second-order valence-electron chi connectivity index (χ2n) is 2.57. The summed E-state index contributed by atoms with van der Waals surface area (Å²) >= 11 is 1.68. The predicted molar refractivity (Wildman–Crippen MR) is 48.6 cm³/mol. The Kier molecular flexibility index (Phi) is 2.12. The Bertz CT molecular complexity index is 304. The van der Waals surface area contributed by atoms with Gasteiger partial charge >= 0.3 is 0 Å². The molecule has 0 spiro atoms. The number of aryl methyl sites for hydroxylation is 1. The minimum atomic E-state index is 0.907. The summed E-state index contributed by atoms with van der Waals surface area (Å²) in [6.45, 7) is 2.13. The van der Waals surface area contributed by atoms with Gasteiger partial charge in [-0.1, -0.05) is 18.7 Å². The summed E-state index contributed by atoms with van der Waals surface area (Å²) in [6.07, 6.45) is 3.92. The zero-order valence-corrected chi connectivity index (χ0v) is 7.71. The summed E-state index contributed by atoms with van der Waals surface area (Å²) < 4.78 is 1.83. The van der Waals surface area contributed by atoms with Crippen LogP contribution < -0.4 is 0 Å². The Morgan fingerprint density at radius 2 is 2.50 bits per heavy atom. The molecule has 0 bridgehead atoms. The first-order chi connectivity index (χ1) is 5.92. The van der Waals surface area contributed by atoms with Crippen LogP contribution in [0.4, 0.5) is 0 Å². The highest BCUT2D eigenvalue weighted by Gasteiger charge is 2.12. The first kappa shape index (κ1) is 7.79. The van der Waals surface area contributed by atoms with Crippen molar-refractivity contribution in [1.29, 1.82) is 0 Å². The largest absolute Gasteiger partial charge is 0.212 e. The minimum absolute atomic E-state index is 0.907. The van der Waals surface area contributed by atoms with Crippen LogP contribution in [-0.2, 0) is 6.42 Å². The van der Waals surface area contributed by atoms with E-state index in [0.29, 0.717) is 0 Å². The summed E-state index contributed by atoms with van der Waals surface area (Å²) in [5.74, 6) is 1.88. The van der Waals surface area contributed by atoms with Gasteiger partial charge < -0.3 is 0 Å². The van der Waals surface area contributed by atoms with E-state index in [9.17, 15) is 0 Å². The van der Waals surface area contributed by atoms with Crippen LogP contribution in [0.3, 0.4) is 0 Å². The van der Waals surface area contributed by atoms with Gasteiger partial charge in [0.05, 0.1) is 0 Å². The first-order valence-corrected chi connectivity index (χ1v) is 5.00. The standard InChI is InChI=1S/C7H10N4S/c1-2-3-6-9-10-7-11(6)8-4-5-12-7/h4H,2-3,5H2,1H3. The minimum Gasteiger partial charge on any atom is -0.192 e. The molecule has 1 aliphatic rings. The third-order valence-electron chi connectivity index (χ3n) is 1.63. The highest BCUT2D eigenvalue weighted by molar-refractivity contribution is 7.99. The molecule has 4 nitrogen and oxygen atoms in total. The van der Waals surface area contributed by atoms with Crippen molar-refractivity contribution in [3.8, 4) is 0 Å². The molecule has 0 atom stereocenters. The quantitative estimate of drug-likeness (QED) is 0.689. The second-order valence-corrected chi connectivity index (χ2v) is 3.56. The van der Waals surface area contributed by atoms with E-state index in [1.165, 1.54) is 0 Å². The van der Waals surface area contributed by atoms with E-state index in [1.54, 1.807) is 11.8 Å². The third kappa shape index (κ3) is 1.24. The summed E-state index contributed by atoms with van der Waals surface area (Å²) in [5, 5.41) is 13.2. The smallest absolute Gasteiger partial charge is 0.192 e. The van der Waals surface area contributed by atoms with Crippen molar-refractivity contribution >= 4 is 18.0 Å². The van der Waals surface area contributed by atoms with Gasteiger partial charge in [0.15, 0.2) is 5.82 Å². The molecule has 0 unspecified atom stereocenters. The number of aromatic nitrogens is 3. The Labute approximate surface area is 75.1 Å². The highest BCUT2D eigenvalue weighted by Crippen LogP contribution is 2.19. The number of thioether (sulfide) groups is 1. The Hall–Kier alpha value is -0.840. The summed E-state index contributed by atoms with van der Waals surface area (Å²) in [4.78, 5) is 0. The predicted octanol–water partition coefficient (Wildman–Crippen LogP) is 1.17. The topological polar surface area (TPSA) is 43.1 Å². The molecule has 12 heavy (non-hydrogen) atoms. The lowest BCUT2D eigenvalue weighted by atomic mass is 10.3. The number of hydrogen-bond acceptors (Lipinski definition) is 4. The van der Waals surface area contributed by atoms with Gasteiger partial charge in [-0.25, -0.2) is 0 Å². The van der Waals surface area contributed by atoms with Crippen LogP contribution in [0.2, 0.25) is 0 Å². The lowest BCUT2D eigenvalue weighted by molar-refractivity contribution is 0.696. The monoisotopic (exact) mass is 182 g/mol. The summed E-state index contributed by atoms with van der Waals surface area (Å²) in [7, 11) is 0. The van der Waals surface area contributed by atoms with E-state index in [-0.39, 0.29) is 0 Å². The fourth-order valence-corrected chi connectivity index (χ4v) is 1.77. The number of rotatable bonds is 2. The zero-order chi connectivity index (χ0) is 8.39. The van der Waals surface area contributed by atoms with E-state index in [4.69, 9.17) is 0 Å². The van der Waals surface area contributed by atoms with Crippen molar-refractivity contribution in [2.45, 2.75) is 24.9 Å². The van der Waals surface area contributed by atoms with Crippen LogP contribution >= 0.6 is 11.8 Å². The number of fused-ring (bicyclic) bond motifs is 1. The van der Waals surface area contributed by atoms with Crippen molar-refractivity contribution in [2.24, 2.45) is 5.10 Å². The maximum absolute atomic E-state index is 4.22. The Morgan fingerprint density at radius 1 is 1.58 bits per heavy atom. The average Bonchev–Trinajstić information content (AvgIpc) is 2.50. The molecule has 0 fully saturated rings. The van der Waals surface area contributed by atoms with Crippen molar-refractivity contribution in [2.75, 3.05) is 5.75 Å². The molecule has 5 heteroatoms. The number of hydrogen-bond donors (Lipinski definition) is 0. The van der Waals surface area contributed by atoms with E-state index in [2.05, 4.69) is 22.2 Å². The van der Waals surface area contributed by atoms with E-state index < -0.39 is 0 Å². The lowest BCUT2D eigenvalue weighted by Gasteiger charge is -2.05. The Balaban J connectivity index is 2.34. The normalized spacial score (nSPS) is 14.8. The Morgan fingerprint density at radius 3 is 3.33 bits per heavy atom. The van der Waals surface area contributed by atoms with E-state index in [1.807, 2.05) is 10.9 Å². The molecule has 64 valence electrons. The van der Waals surface area contributed by atoms with Gasteiger partial charge in [-0.05, 0) is 6.42 Å². The summed E-state index contributed by atoms with van der Waals surface area (Å²) in [6, 6.07) is 0. The van der Waals surface area contributed by atoms with Gasteiger partial charge in [0.25, 0.3) is 0 Å². The summed E-state index contributed by atoms with van der Waals surface area (Å²) in [5.41, 5.74) is 0. The molecule has 0 saturated carbocycles. The van der Waals surface area contributed by atoms with Gasteiger partial charge in [0, 0.05) is 18.4 Å². The van der Waals surface area contributed by atoms with Gasteiger partial charge in [-0.2, -0.15) is 9.78 Å². The zero-order valence-electron chi connectivity index (χ0n) is 6.90. The molecular formula is C7H10N4S. The third-order valence-corrected chi connectivity index (χ3v) is 2.46. The van der Waals surface area contributed by atoms with Gasteiger partial charge in [0.1, 0.15) is 0 Å². The molecule has 0 amide bonds. The lowest BCUT2D eigenvalue weighted by Crippen LogP contribution is -2.04. The van der Waals surface area contributed by atoms with E-state index in [0.717, 1.165) is 29.6 Å². The molecular weight excluding hydrogens is 172 g/mol. The molecule has 1 aromatic rings. The van der Waals surface area contributed by atoms with E-state index >= 15 is 0 Å². The average molecular weight is 182 g/mol. The second kappa shape index (κ2) is 3.26. The molecule has 0 saturated heterocycles. The highest BCUT2D eigenvalue weighted by atomic mass is 32.2. The molecule has 0 N–H and O–H groups in total. The maximum atomic E-state index is 4.22. The van der Waals surface area contributed by atoms with Gasteiger partial charge in [-0.3, -0.25) is 0 Å². The first-order valence-electron chi connectivity index (χ1n) is 4.01. The molecule has 0 aromatic carbocycles. The molecule has 2 rings (SSSR count). The van der Waals surface area contributed by atoms with Crippen molar-refractivity contribution in [1.82, 2.24) is 14.9 Å². The maximum Gasteiger partial charge on any atom is 0.212 e. The van der Waals surface area contributed by atoms with Gasteiger partial charge in [0.2, 0.25) is 5.16 Å². The molecule has 1 aliphatic heterocycles. The molecule has 0 radical (unpaired) electrons. The van der Waals surface area contributed by atoms with Crippen molar-refractivity contribution in [3.63, 3.8) is 0 Å². The van der Waals surface area contributed by atoms with Crippen LogP contribution in [0.15, 0.2) is 10.3 Å². The molecule has 1 aromatic heterocycles. The van der Waals surface area contributed by atoms with Crippen LogP contribution in [0.1, 0.15) is 19.2 Å². The van der Waals surface area contributed by atoms with Crippen LogP contribution in [0, 0.1) is 0 Å². The molecule has 2 heterocycles. The SMILES string of the molecule is CCCc1nnc2n1N=CCS2. The van der Waals surface area contributed by atoms with Crippen molar-refractivity contribution in [3.05, 3.63) is 5.82 Å². The number of nitrogens with zero attached hydrogens (tertiary/aromatic N) is 4.